The van der Waals surface area contributed by atoms with Crippen molar-refractivity contribution in [2.75, 3.05) is 79.5 Å². The molecule has 4 aromatic carbocycles. The van der Waals surface area contributed by atoms with Gasteiger partial charge in [0.2, 0.25) is 70.9 Å². The van der Waals surface area contributed by atoms with Crippen LogP contribution in [0.4, 0.5) is 0 Å². The van der Waals surface area contributed by atoms with Crippen LogP contribution < -0.4 is 63.1 Å². The second-order valence-electron chi connectivity index (χ2n) is 32.2. The molecule has 0 fully saturated rings. The number of carbonyl (C=O) groups excluding carboxylic acids is 12. The van der Waals surface area contributed by atoms with E-state index in [1.807, 2.05) is 24.3 Å². The highest BCUT2D eigenvalue weighted by Crippen LogP contribution is 2.24. The van der Waals surface area contributed by atoms with Crippen LogP contribution in [0.25, 0.3) is 21.7 Å². The fourth-order valence-electron chi connectivity index (χ4n) is 14.4. The number of primary amides is 1. The highest BCUT2D eigenvalue weighted by molar-refractivity contribution is 7.81. The van der Waals surface area contributed by atoms with Crippen molar-refractivity contribution in [1.29, 1.82) is 0 Å². The molecule has 0 unspecified atom stereocenters. The SMILES string of the molecule is CCCC[C@H](NC(=O)[C@H](Cc1ccc(OS(=O)(=O)O)cc1)NC(=O)[C@H](CC(=O)O)NC(=O)COCCOCCNC(=O)COCCOCCNC(=O)CC[C@H](NC(=O)CCCCCCCCCCCCCCCCC(=O)O)C(=O)O)C(=O)NCC(=O)N[C@@H](Cc1c[nH]c2ccccc12)C(=O)N[C@@H](CCCC)C(=O)N(C)[C@@H](CC(=O)O)C(=O)N[C@@H](Cc1cccc2ccccc12)C(N)=O. The molecule has 0 aliphatic carbocycles. The number of nitrogens with two attached hydrogens (primary N) is 1. The maximum atomic E-state index is 14.8. The van der Waals surface area contributed by atoms with Crippen LogP contribution in [0.3, 0.4) is 0 Å². The average Bonchev–Trinajstić information content (AvgIpc) is 1.74. The molecule has 0 radical (unpaired) electrons. The van der Waals surface area contributed by atoms with Crippen LogP contribution in [0.15, 0.2) is 97.2 Å². The van der Waals surface area contributed by atoms with E-state index in [0.717, 1.165) is 85.6 Å². The number of carboxylic acid groups (broad SMARTS) is 4. The molecule has 0 saturated heterocycles. The van der Waals surface area contributed by atoms with Crippen LogP contribution in [0, 0.1) is 0 Å². The van der Waals surface area contributed by atoms with E-state index < -0.39 is 180 Å². The van der Waals surface area contributed by atoms with Crippen molar-refractivity contribution in [3.63, 3.8) is 0 Å². The lowest BCUT2D eigenvalue weighted by molar-refractivity contribution is -0.147. The summed E-state index contributed by atoms with van der Waals surface area (Å²) >= 11 is 0. The number of rotatable bonds is 72. The Kier molecular flexibility index (Phi) is 52.0. The van der Waals surface area contributed by atoms with E-state index in [9.17, 15) is 105 Å². The Bertz CT molecular complexity index is 4700. The topological polar surface area (TPSA) is 620 Å². The number of hydrogen-bond donors (Lipinski definition) is 17. The number of amides is 12. The number of unbranched alkanes of at least 4 members (excludes halogenated alkanes) is 15. The summed E-state index contributed by atoms with van der Waals surface area (Å²) in [6.45, 7) is 1.69. The highest BCUT2D eigenvalue weighted by Gasteiger charge is 2.38. The first-order chi connectivity index (χ1) is 63.6. The molecule has 0 bridgehead atoms. The molecule has 42 heteroatoms. The fraction of sp³-hybridized carbons (Fsp3) is 0.560. The van der Waals surface area contributed by atoms with Gasteiger partial charge in [-0.1, -0.05) is 189 Å². The summed E-state index contributed by atoms with van der Waals surface area (Å²) < 4.78 is 58.4. The summed E-state index contributed by atoms with van der Waals surface area (Å²) in [6, 6.07) is 12.0. The molecule has 5 rings (SSSR count). The van der Waals surface area contributed by atoms with E-state index in [2.05, 4.69) is 62.3 Å². The third-order valence-electron chi connectivity index (χ3n) is 21.5. The zero-order chi connectivity index (χ0) is 97.5. The molecule has 8 atom stereocenters. The predicted octanol–water partition coefficient (Wildman–Crippen LogP) is 4.17. The lowest BCUT2D eigenvalue weighted by Crippen LogP contribution is -2.59. The first kappa shape index (κ1) is 111. The number of fused-ring (bicyclic) bond motifs is 2. The van der Waals surface area contributed by atoms with Gasteiger partial charge in [0.05, 0.1) is 59.0 Å². The second-order valence-corrected chi connectivity index (χ2v) is 33.2. The minimum Gasteiger partial charge on any atom is -0.481 e. The zero-order valence-corrected chi connectivity index (χ0v) is 76.5. The Morgan fingerprint density at radius 3 is 1.48 bits per heavy atom. The predicted molar refractivity (Wildman–Crippen MR) is 485 cm³/mol. The largest absolute Gasteiger partial charge is 0.481 e. The van der Waals surface area contributed by atoms with E-state index in [4.69, 9.17) is 29.8 Å². The molecule has 0 aliphatic rings. The lowest BCUT2D eigenvalue weighted by atomic mass is 9.98. The van der Waals surface area contributed by atoms with Crippen molar-refractivity contribution in [2.45, 2.75) is 248 Å². The molecule has 41 nitrogen and oxygen atoms in total. The number of carbonyl (C=O) groups is 16. The second kappa shape index (κ2) is 62.2. The third kappa shape index (κ3) is 45.6. The zero-order valence-electron chi connectivity index (χ0n) is 75.7. The van der Waals surface area contributed by atoms with Gasteiger partial charge >= 0.3 is 34.3 Å². The number of ether oxygens (including phenoxy) is 4. The summed E-state index contributed by atoms with van der Waals surface area (Å²) in [6.07, 6.45) is 14.9. The number of nitrogens with zero attached hydrogens (tertiary/aromatic N) is 1. The van der Waals surface area contributed by atoms with Crippen molar-refractivity contribution in [3.8, 4) is 5.75 Å². The van der Waals surface area contributed by atoms with Gasteiger partial charge in [-0.25, -0.2) is 4.79 Å². The van der Waals surface area contributed by atoms with E-state index in [0.29, 0.717) is 47.7 Å². The third-order valence-corrected chi connectivity index (χ3v) is 21.9. The number of likely N-dealkylation sites (N-methyl/N-ethyl adjacent to an activating group) is 1. The smallest absolute Gasteiger partial charge is 0.446 e. The van der Waals surface area contributed by atoms with Gasteiger partial charge in [-0.3, -0.25) is 76.5 Å². The number of para-hydroxylation sites is 1. The van der Waals surface area contributed by atoms with Crippen molar-refractivity contribution in [1.82, 2.24) is 63.1 Å². The van der Waals surface area contributed by atoms with Gasteiger partial charge < -0.3 is 112 Å². The minimum atomic E-state index is -4.99. The molecule has 1 heterocycles. The molecule has 0 saturated carbocycles. The molecule has 734 valence electrons. The standard InChI is InChI=1S/C91H131N13O28S/c1-4-6-32-68(85(117)96-57-78(107)98-73(53-63-56-95-67-34-25-24-31-66(63)67)87(119)101-69(33-7-5-2)90(122)104(3)75(55-83(114)115)89(121)102-71(84(92)116)52-62-29-26-28-61-27-22-23-30-65(61)62)100-86(118)72(51-60-37-39-64(40-38-60)132-133(125,126)127)103-88(120)74(54-82(112)113)99-80(109)59-131-50-48-129-46-44-94-79(108)58-130-49-47-128-45-43-93-76(105)42-41-70(91(123)124)97-77(106)35-20-18-16-14-12-10-8-9-11-13-15-17-19-21-36-81(110)111/h22-31,34,37-40,56,68-75,95H,4-21,32-33,35-36,41-55,57-59H2,1-3H3,(H2,92,116)(H,93,105)(H,94,108)(H,96,117)(H,97,106)(H,98,107)(H,99,109)(H,100,118)(H,101,119)(H,102,121)(H,103,120)(H,110,111)(H,112,113)(H,114,115)(H,123,124)(H,125,126,127)/t68-,69-,70-,71-,72-,73-,74-,75-/m0/s1. The summed E-state index contributed by atoms with van der Waals surface area (Å²) in [5.41, 5.74) is 7.82. The van der Waals surface area contributed by atoms with Gasteiger partial charge in [0, 0.05) is 75.8 Å². The Hall–Kier alpha value is -12.3. The van der Waals surface area contributed by atoms with Crippen LogP contribution >= 0.6 is 0 Å². The first-order valence-electron chi connectivity index (χ1n) is 45.1. The van der Waals surface area contributed by atoms with Crippen molar-refractivity contribution in [3.05, 3.63) is 114 Å². The van der Waals surface area contributed by atoms with E-state index in [-0.39, 0.29) is 134 Å². The number of carboxylic acids is 4. The molecule has 0 aliphatic heterocycles. The Morgan fingerprint density at radius 2 is 0.902 bits per heavy atom. The van der Waals surface area contributed by atoms with Gasteiger partial charge in [-0.05, 0) is 77.8 Å². The minimum absolute atomic E-state index is 0.0103. The quantitative estimate of drug-likeness (QED) is 0.0192. The van der Waals surface area contributed by atoms with Crippen LogP contribution in [-0.4, -0.2) is 266 Å². The molecule has 1 aromatic heterocycles. The number of nitrogens with one attached hydrogen (secondary N) is 11. The van der Waals surface area contributed by atoms with Crippen LogP contribution in [-0.2, 0) is 125 Å². The molecule has 5 aromatic rings. The Labute approximate surface area is 772 Å². The number of H-pyrrole nitrogens is 1. The Morgan fingerprint density at radius 1 is 0.414 bits per heavy atom. The van der Waals surface area contributed by atoms with Gasteiger partial charge in [-0.2, -0.15) is 8.42 Å². The normalized spacial score (nSPS) is 13.1. The summed E-state index contributed by atoms with van der Waals surface area (Å²) in [5, 5.41) is 65.9. The summed E-state index contributed by atoms with van der Waals surface area (Å²) in [5.74, 6) is -15.7. The Balaban J connectivity index is 1.08. The van der Waals surface area contributed by atoms with Crippen LogP contribution in [0.2, 0.25) is 0 Å². The highest BCUT2D eigenvalue weighted by atomic mass is 32.3. The van der Waals surface area contributed by atoms with Crippen molar-refractivity contribution >= 4 is 127 Å². The molecular formula is C91H131N13O28S. The van der Waals surface area contributed by atoms with Crippen LogP contribution in [0.1, 0.15) is 197 Å². The van der Waals surface area contributed by atoms with E-state index in [1.165, 1.54) is 44.9 Å². The molecule has 0 spiro atoms. The number of hydrogen-bond acceptors (Lipinski definition) is 23. The van der Waals surface area contributed by atoms with Gasteiger partial charge in [-0.15, -0.1) is 0 Å². The van der Waals surface area contributed by atoms with Crippen LogP contribution in [0.5, 0.6) is 5.75 Å². The summed E-state index contributed by atoms with van der Waals surface area (Å²) in [4.78, 5) is 215. The van der Waals surface area contributed by atoms with Gasteiger partial charge in [0.15, 0.2) is 0 Å². The molecule has 12 amide bonds. The van der Waals surface area contributed by atoms with Crippen molar-refractivity contribution < 1.29 is 133 Å². The first-order valence-corrected chi connectivity index (χ1v) is 46.4. The summed E-state index contributed by atoms with van der Waals surface area (Å²) in [7, 11) is -3.83. The molecule has 133 heavy (non-hydrogen) atoms. The lowest BCUT2D eigenvalue weighted by Gasteiger charge is -2.32. The molecule has 18 N–H and O–H groups in total. The number of benzene rings is 4. The maximum Gasteiger partial charge on any atom is 0.446 e. The maximum absolute atomic E-state index is 14.8. The number of aromatic nitrogens is 1. The fourth-order valence-corrected chi connectivity index (χ4v) is 14.7. The van der Waals surface area contributed by atoms with E-state index >= 15 is 0 Å². The number of aromatic amines is 1. The van der Waals surface area contributed by atoms with Gasteiger partial charge in [0.1, 0.15) is 67.3 Å². The van der Waals surface area contributed by atoms with Gasteiger partial charge in [0.25, 0.3) is 0 Å². The monoisotopic (exact) mass is 1890 g/mol. The number of aliphatic carboxylic acids is 4. The average molecular weight is 1890 g/mol. The van der Waals surface area contributed by atoms with Crippen molar-refractivity contribution in [2.24, 2.45) is 5.73 Å². The molecular weight excluding hydrogens is 1760 g/mol. The van der Waals surface area contributed by atoms with E-state index in [1.54, 1.807) is 62.5 Å².